The van der Waals surface area contributed by atoms with Crippen LogP contribution in [0.15, 0.2) is 40.4 Å². The average molecular weight is 307 g/mol. The van der Waals surface area contributed by atoms with E-state index in [0.29, 0.717) is 6.54 Å². The SMILES string of the molecule is [O-]C(NCc1csc(-c2cccs2)n1)c1cccs1. The monoisotopic (exact) mass is 307 g/mol. The normalized spacial score (nSPS) is 12.7. The van der Waals surface area contributed by atoms with Crippen LogP contribution in [0.25, 0.3) is 9.88 Å². The largest absolute Gasteiger partial charge is 0.837 e. The lowest BCUT2D eigenvalue weighted by Crippen LogP contribution is -2.30. The smallest absolute Gasteiger partial charge is 0.133 e. The molecule has 0 aromatic carbocycles. The summed E-state index contributed by atoms with van der Waals surface area (Å²) < 4.78 is 0. The Kier molecular flexibility index (Phi) is 4.05. The summed E-state index contributed by atoms with van der Waals surface area (Å²) in [5, 5.41) is 21.8. The van der Waals surface area contributed by atoms with Gasteiger partial charge in [0.2, 0.25) is 0 Å². The van der Waals surface area contributed by atoms with E-state index in [0.717, 1.165) is 15.6 Å². The first-order valence-electron chi connectivity index (χ1n) is 5.74. The summed E-state index contributed by atoms with van der Waals surface area (Å²) >= 11 is 4.77. The summed E-state index contributed by atoms with van der Waals surface area (Å²) in [6, 6.07) is 7.82. The van der Waals surface area contributed by atoms with Crippen LogP contribution < -0.4 is 10.4 Å². The topological polar surface area (TPSA) is 48.0 Å². The Morgan fingerprint density at radius 3 is 2.74 bits per heavy atom. The van der Waals surface area contributed by atoms with Gasteiger partial charge in [-0.2, -0.15) is 0 Å². The first-order valence-corrected chi connectivity index (χ1v) is 8.38. The van der Waals surface area contributed by atoms with Crippen molar-refractivity contribution in [3.63, 3.8) is 0 Å². The number of aromatic nitrogens is 1. The first-order chi connectivity index (χ1) is 9.33. The molecule has 3 nitrogen and oxygen atoms in total. The Balaban J connectivity index is 1.62. The van der Waals surface area contributed by atoms with E-state index >= 15 is 0 Å². The summed E-state index contributed by atoms with van der Waals surface area (Å²) in [6.45, 7) is 0.508. The molecule has 3 aromatic rings. The molecule has 19 heavy (non-hydrogen) atoms. The minimum atomic E-state index is -0.869. The highest BCUT2D eigenvalue weighted by molar-refractivity contribution is 7.20. The second kappa shape index (κ2) is 5.94. The number of thiophene rings is 2. The number of nitrogens with zero attached hydrogens (tertiary/aromatic N) is 1. The lowest BCUT2D eigenvalue weighted by atomic mass is 10.4. The summed E-state index contributed by atoms with van der Waals surface area (Å²) in [5.41, 5.74) is 0.922. The van der Waals surface area contributed by atoms with E-state index in [4.69, 9.17) is 0 Å². The van der Waals surface area contributed by atoms with E-state index in [1.165, 1.54) is 16.2 Å². The molecular weight excluding hydrogens is 296 g/mol. The maximum atomic E-state index is 11.9. The lowest BCUT2D eigenvalue weighted by Gasteiger charge is -2.21. The van der Waals surface area contributed by atoms with Gasteiger partial charge in [-0.1, -0.05) is 12.1 Å². The third-order valence-corrected chi connectivity index (χ3v) is 5.40. The highest BCUT2D eigenvalue weighted by Gasteiger charge is 2.06. The van der Waals surface area contributed by atoms with Gasteiger partial charge in [0.25, 0.3) is 0 Å². The Labute approximate surface area is 123 Å². The van der Waals surface area contributed by atoms with E-state index in [1.54, 1.807) is 22.7 Å². The van der Waals surface area contributed by atoms with Crippen molar-refractivity contribution < 1.29 is 5.11 Å². The number of hydrogen-bond donors (Lipinski definition) is 1. The van der Waals surface area contributed by atoms with Crippen molar-refractivity contribution in [3.8, 4) is 9.88 Å². The van der Waals surface area contributed by atoms with Gasteiger partial charge < -0.3 is 10.4 Å². The van der Waals surface area contributed by atoms with E-state index in [-0.39, 0.29) is 0 Å². The van der Waals surface area contributed by atoms with Crippen LogP contribution in [-0.4, -0.2) is 4.98 Å². The summed E-state index contributed by atoms with van der Waals surface area (Å²) in [7, 11) is 0. The highest BCUT2D eigenvalue weighted by atomic mass is 32.1. The second-order valence-corrected chi connectivity index (χ2v) is 6.68. The number of thiazole rings is 1. The van der Waals surface area contributed by atoms with Crippen LogP contribution >= 0.6 is 34.0 Å². The number of hydrogen-bond acceptors (Lipinski definition) is 6. The van der Waals surface area contributed by atoms with Gasteiger partial charge in [-0.25, -0.2) is 4.98 Å². The van der Waals surface area contributed by atoms with Gasteiger partial charge in [0.15, 0.2) is 0 Å². The van der Waals surface area contributed by atoms with Crippen molar-refractivity contribution in [1.82, 2.24) is 10.3 Å². The van der Waals surface area contributed by atoms with Crippen molar-refractivity contribution in [2.24, 2.45) is 0 Å². The third-order valence-electron chi connectivity index (χ3n) is 2.55. The molecule has 0 amide bonds. The van der Waals surface area contributed by atoms with E-state index in [9.17, 15) is 5.11 Å². The molecule has 3 aromatic heterocycles. The average Bonchev–Trinajstić information content (AvgIpc) is 3.14. The fourth-order valence-electron chi connectivity index (χ4n) is 1.64. The van der Waals surface area contributed by atoms with Gasteiger partial charge in [-0.05, 0) is 29.1 Å². The maximum Gasteiger partial charge on any atom is 0.133 e. The summed E-state index contributed by atoms with van der Waals surface area (Å²) in [5.74, 6) is 0. The standard InChI is InChI=1S/C13H11N2OS3/c16-12(10-3-1-5-17-10)14-7-9-8-19-13(15-9)11-4-2-6-18-11/h1-6,8,12,14H,7H2/q-1. The molecule has 6 heteroatoms. The molecule has 0 saturated heterocycles. The molecule has 0 radical (unpaired) electrons. The minimum Gasteiger partial charge on any atom is -0.837 e. The molecule has 0 saturated carbocycles. The molecule has 3 rings (SSSR count). The predicted molar refractivity (Wildman–Crippen MR) is 79.3 cm³/mol. The predicted octanol–water partition coefficient (Wildman–Crippen LogP) is 3.08. The quantitative estimate of drug-likeness (QED) is 0.737. The molecule has 1 unspecified atom stereocenters. The Morgan fingerprint density at radius 1 is 1.16 bits per heavy atom. The number of nitrogens with one attached hydrogen (secondary N) is 1. The van der Waals surface area contributed by atoms with E-state index in [2.05, 4.69) is 16.4 Å². The fraction of sp³-hybridized carbons (Fsp3) is 0.154. The van der Waals surface area contributed by atoms with Gasteiger partial charge >= 0.3 is 0 Å². The molecular formula is C13H11N2OS3-. The van der Waals surface area contributed by atoms with Crippen molar-refractivity contribution in [2.75, 3.05) is 0 Å². The molecule has 0 bridgehead atoms. The molecule has 1 atom stereocenters. The van der Waals surface area contributed by atoms with Crippen LogP contribution in [0.4, 0.5) is 0 Å². The summed E-state index contributed by atoms with van der Waals surface area (Å²) in [6.07, 6.45) is -0.869. The lowest BCUT2D eigenvalue weighted by molar-refractivity contribution is -0.435. The molecule has 0 aliphatic rings. The molecule has 0 aliphatic carbocycles. The zero-order chi connectivity index (χ0) is 13.1. The van der Waals surface area contributed by atoms with E-state index in [1.807, 2.05) is 34.3 Å². The van der Waals surface area contributed by atoms with Crippen molar-refractivity contribution in [1.29, 1.82) is 0 Å². The summed E-state index contributed by atoms with van der Waals surface area (Å²) in [4.78, 5) is 6.52. The zero-order valence-electron chi connectivity index (χ0n) is 9.91. The van der Waals surface area contributed by atoms with Gasteiger partial charge in [0.1, 0.15) is 5.01 Å². The second-order valence-electron chi connectivity index (χ2n) is 3.90. The van der Waals surface area contributed by atoms with Crippen LogP contribution in [0.3, 0.4) is 0 Å². The Morgan fingerprint density at radius 2 is 2.00 bits per heavy atom. The molecule has 0 aliphatic heterocycles. The third kappa shape index (κ3) is 3.10. The number of rotatable bonds is 5. The van der Waals surface area contributed by atoms with Gasteiger partial charge in [0, 0.05) is 16.8 Å². The molecule has 98 valence electrons. The van der Waals surface area contributed by atoms with Crippen molar-refractivity contribution >= 4 is 34.0 Å². The zero-order valence-corrected chi connectivity index (χ0v) is 12.4. The Bertz CT molecular complexity index is 616. The van der Waals surface area contributed by atoms with Gasteiger partial charge in [-0.3, -0.25) is 0 Å². The first kappa shape index (κ1) is 13.0. The Hall–Kier alpha value is -1.05. The van der Waals surface area contributed by atoms with E-state index < -0.39 is 6.23 Å². The molecule has 3 heterocycles. The van der Waals surface area contributed by atoms with Crippen LogP contribution in [0.2, 0.25) is 0 Å². The fourth-order valence-corrected chi connectivity index (χ4v) is 3.95. The van der Waals surface area contributed by atoms with Crippen LogP contribution in [0.1, 0.15) is 16.8 Å². The molecule has 0 spiro atoms. The van der Waals surface area contributed by atoms with Crippen LogP contribution in [0, 0.1) is 0 Å². The molecule has 0 fully saturated rings. The van der Waals surface area contributed by atoms with Crippen molar-refractivity contribution in [2.45, 2.75) is 12.8 Å². The highest BCUT2D eigenvalue weighted by Crippen LogP contribution is 2.27. The van der Waals surface area contributed by atoms with Crippen LogP contribution in [-0.2, 0) is 6.54 Å². The van der Waals surface area contributed by atoms with Crippen molar-refractivity contribution in [3.05, 3.63) is 51.0 Å². The molecule has 1 N–H and O–H groups in total. The van der Waals surface area contributed by atoms with Gasteiger partial charge in [-0.15, -0.1) is 34.0 Å². The minimum absolute atomic E-state index is 0.508. The maximum absolute atomic E-state index is 11.9. The van der Waals surface area contributed by atoms with Crippen LogP contribution in [0.5, 0.6) is 0 Å². The van der Waals surface area contributed by atoms with Gasteiger partial charge in [0.05, 0.1) is 10.6 Å².